The summed E-state index contributed by atoms with van der Waals surface area (Å²) in [6.45, 7) is 5.58. The van der Waals surface area contributed by atoms with E-state index in [1.54, 1.807) is 30.7 Å². The summed E-state index contributed by atoms with van der Waals surface area (Å²) in [6, 6.07) is -2.73. The number of thioether (sulfide) groups is 1. The molecule has 12 unspecified atom stereocenters. The van der Waals surface area contributed by atoms with Gasteiger partial charge in [-0.2, -0.15) is 13.2 Å². The molecule has 0 aliphatic carbocycles. The highest BCUT2D eigenvalue weighted by Gasteiger charge is 2.49. The molecular formula is C25H41ClF3N7O3S. The molecule has 0 radical (unpaired) electrons. The fourth-order valence-electron chi connectivity index (χ4n) is 7.05. The number of methoxy groups -OCH3 is 1. The molecule has 5 rings (SSSR count). The maximum atomic E-state index is 13.6. The van der Waals surface area contributed by atoms with Crippen LogP contribution in [-0.4, -0.2) is 115 Å². The first kappa shape index (κ1) is 30.6. The second-order valence-corrected chi connectivity index (χ2v) is 13.8. The number of piperazine rings is 1. The van der Waals surface area contributed by atoms with Crippen LogP contribution in [0.1, 0.15) is 26.7 Å². The molecule has 40 heavy (non-hydrogen) atoms. The van der Waals surface area contributed by atoms with E-state index in [0.29, 0.717) is 32.2 Å². The molecule has 5 fully saturated rings. The Labute approximate surface area is 242 Å². The highest BCUT2D eigenvalue weighted by atomic mass is 35.5. The number of carbonyl (C=O) groups is 2. The minimum absolute atomic E-state index is 0.00150. The van der Waals surface area contributed by atoms with Gasteiger partial charge in [0.2, 0.25) is 11.8 Å². The normalized spacial score (nSPS) is 44.3. The third-order valence-electron chi connectivity index (χ3n) is 9.21. The zero-order chi connectivity index (χ0) is 28.8. The number of piperidine rings is 2. The number of ether oxygens (including phenoxy) is 1. The Bertz CT molecular complexity index is 925. The van der Waals surface area contributed by atoms with Crippen LogP contribution in [0.3, 0.4) is 0 Å². The molecule has 5 aliphatic heterocycles. The van der Waals surface area contributed by atoms with Crippen molar-refractivity contribution in [1.82, 2.24) is 36.8 Å². The number of alkyl halides is 4. The van der Waals surface area contributed by atoms with Gasteiger partial charge in [-0.25, -0.2) is 0 Å². The smallest absolute Gasteiger partial charge is 0.380 e. The van der Waals surface area contributed by atoms with Gasteiger partial charge in [-0.1, -0.05) is 0 Å². The van der Waals surface area contributed by atoms with Gasteiger partial charge in [0.05, 0.1) is 17.5 Å². The zero-order valence-electron chi connectivity index (χ0n) is 23.0. The lowest BCUT2D eigenvalue weighted by Gasteiger charge is -2.45. The SMILES string of the molecule is COC1CNC(Cl)CC1C1CC(C)NCC1C(=O)NC1NC2CN(C(=O)C3NCC(C(F)(F)F)NC3C)CC2S1. The van der Waals surface area contributed by atoms with Crippen molar-refractivity contribution >= 4 is 35.2 Å². The quantitative estimate of drug-likeness (QED) is 0.188. The molecule has 5 saturated heterocycles. The van der Waals surface area contributed by atoms with E-state index in [-0.39, 0.29) is 64.5 Å². The summed E-state index contributed by atoms with van der Waals surface area (Å²) in [5.41, 5.74) is -0.413. The Morgan fingerprint density at radius 1 is 1.02 bits per heavy atom. The van der Waals surface area contributed by atoms with E-state index >= 15 is 0 Å². The van der Waals surface area contributed by atoms with E-state index < -0.39 is 24.3 Å². The van der Waals surface area contributed by atoms with E-state index in [0.717, 1.165) is 12.8 Å². The molecule has 12 atom stereocenters. The molecule has 5 heterocycles. The second kappa shape index (κ2) is 12.4. The van der Waals surface area contributed by atoms with E-state index in [4.69, 9.17) is 16.3 Å². The van der Waals surface area contributed by atoms with Crippen molar-refractivity contribution in [3.8, 4) is 0 Å². The summed E-state index contributed by atoms with van der Waals surface area (Å²) in [5.74, 6) is -0.107. The molecule has 6 N–H and O–H groups in total. The first-order chi connectivity index (χ1) is 18.9. The molecule has 15 heteroatoms. The van der Waals surface area contributed by atoms with Crippen LogP contribution in [0.2, 0.25) is 0 Å². The fourth-order valence-corrected chi connectivity index (χ4v) is 8.75. The number of amides is 2. The molecule has 10 nitrogen and oxygen atoms in total. The Kier molecular flexibility index (Phi) is 9.47. The summed E-state index contributed by atoms with van der Waals surface area (Å²) in [5, 5.41) is 18.8. The number of halogens is 4. The summed E-state index contributed by atoms with van der Waals surface area (Å²) in [6.07, 6.45) is -2.76. The van der Waals surface area contributed by atoms with E-state index in [9.17, 15) is 22.8 Å². The van der Waals surface area contributed by atoms with E-state index in [1.807, 2.05) is 0 Å². The van der Waals surface area contributed by atoms with Crippen molar-refractivity contribution in [3.63, 3.8) is 0 Å². The van der Waals surface area contributed by atoms with Crippen LogP contribution >= 0.6 is 23.4 Å². The van der Waals surface area contributed by atoms with Crippen LogP contribution < -0.4 is 31.9 Å². The van der Waals surface area contributed by atoms with Gasteiger partial charge in [0.1, 0.15) is 17.6 Å². The van der Waals surface area contributed by atoms with Gasteiger partial charge in [0.15, 0.2) is 0 Å². The number of rotatable bonds is 5. The van der Waals surface area contributed by atoms with E-state index in [2.05, 4.69) is 38.8 Å². The molecule has 0 bridgehead atoms. The van der Waals surface area contributed by atoms with Crippen molar-refractivity contribution in [2.24, 2.45) is 17.8 Å². The third-order valence-corrected chi connectivity index (χ3v) is 10.9. The van der Waals surface area contributed by atoms with Gasteiger partial charge in [-0.05, 0) is 38.5 Å². The van der Waals surface area contributed by atoms with Crippen LogP contribution in [0.4, 0.5) is 13.2 Å². The minimum atomic E-state index is -4.36. The van der Waals surface area contributed by atoms with Gasteiger partial charge < -0.3 is 30.9 Å². The van der Waals surface area contributed by atoms with Crippen LogP contribution in [0.5, 0.6) is 0 Å². The molecule has 0 spiro atoms. The van der Waals surface area contributed by atoms with Crippen molar-refractivity contribution in [2.75, 3.05) is 39.8 Å². The molecular weight excluding hydrogens is 571 g/mol. The third kappa shape index (κ3) is 6.53. The van der Waals surface area contributed by atoms with Crippen LogP contribution in [-0.2, 0) is 14.3 Å². The average Bonchev–Trinajstić information content (AvgIpc) is 3.46. The van der Waals surface area contributed by atoms with Gasteiger partial charge >= 0.3 is 6.18 Å². The lowest BCUT2D eigenvalue weighted by molar-refractivity contribution is -0.164. The largest absolute Gasteiger partial charge is 0.405 e. The lowest BCUT2D eigenvalue weighted by Crippen LogP contribution is -2.67. The van der Waals surface area contributed by atoms with Gasteiger partial charge in [-0.15, -0.1) is 23.4 Å². The molecule has 5 aliphatic rings. The van der Waals surface area contributed by atoms with Gasteiger partial charge in [0, 0.05) is 63.2 Å². The standard InChI is InChI=1S/C25H41ClF3N7O3S/c1-11-4-13(14-5-20(26)31-7-17(14)39-3)15(6-30-11)22(37)35-24-34-16-9-36(10-18(16)40-24)23(38)21-12(2)33-19(8-32-21)25(27,28)29/h11-21,24,30-34H,4-10H2,1-3H3,(H,35,37). The topological polar surface area (TPSA) is 119 Å². The molecule has 0 aromatic carbocycles. The molecule has 0 aromatic heterocycles. The van der Waals surface area contributed by atoms with Gasteiger partial charge in [-0.3, -0.25) is 20.2 Å². The Morgan fingerprint density at radius 3 is 2.48 bits per heavy atom. The number of hydrogen-bond donors (Lipinski definition) is 6. The monoisotopic (exact) mass is 611 g/mol. The maximum Gasteiger partial charge on any atom is 0.405 e. The summed E-state index contributed by atoms with van der Waals surface area (Å²) >= 11 is 8.04. The molecule has 0 aromatic rings. The van der Waals surface area contributed by atoms with E-state index in [1.165, 1.54) is 0 Å². The van der Waals surface area contributed by atoms with Crippen LogP contribution in [0.15, 0.2) is 0 Å². The number of nitrogens with one attached hydrogen (secondary N) is 6. The van der Waals surface area contributed by atoms with Crippen molar-refractivity contribution in [1.29, 1.82) is 0 Å². The van der Waals surface area contributed by atoms with Crippen LogP contribution in [0, 0.1) is 17.8 Å². The summed E-state index contributed by atoms with van der Waals surface area (Å²) in [4.78, 5) is 28.4. The fraction of sp³-hybridized carbons (Fsp3) is 0.920. The average molecular weight is 612 g/mol. The minimum Gasteiger partial charge on any atom is -0.380 e. The van der Waals surface area contributed by atoms with Crippen molar-refractivity contribution in [3.05, 3.63) is 0 Å². The maximum absolute atomic E-state index is 13.6. The van der Waals surface area contributed by atoms with Gasteiger partial charge in [0.25, 0.3) is 0 Å². The predicted molar refractivity (Wildman–Crippen MR) is 147 cm³/mol. The van der Waals surface area contributed by atoms with Crippen molar-refractivity contribution in [2.45, 2.75) is 85.4 Å². The second-order valence-electron chi connectivity index (χ2n) is 11.9. The molecule has 228 valence electrons. The lowest BCUT2D eigenvalue weighted by atomic mass is 9.70. The highest BCUT2D eigenvalue weighted by molar-refractivity contribution is 8.00. The Balaban J connectivity index is 1.14. The number of hydrogen-bond acceptors (Lipinski definition) is 9. The molecule has 0 saturated carbocycles. The highest BCUT2D eigenvalue weighted by Crippen LogP contribution is 2.38. The first-order valence-corrected chi connectivity index (χ1v) is 15.5. The first-order valence-electron chi connectivity index (χ1n) is 14.1. The number of nitrogens with zero attached hydrogens (tertiary/aromatic N) is 1. The Hall–Kier alpha value is -0.870. The summed E-state index contributed by atoms with van der Waals surface area (Å²) in [7, 11) is 1.71. The number of likely N-dealkylation sites (tertiary alicyclic amines) is 1. The van der Waals surface area contributed by atoms with Crippen LogP contribution in [0.25, 0.3) is 0 Å². The zero-order valence-corrected chi connectivity index (χ0v) is 24.5. The number of carbonyl (C=O) groups excluding carboxylic acids is 2. The number of fused-ring (bicyclic) bond motifs is 1. The predicted octanol–water partition coefficient (Wildman–Crippen LogP) is -0.0136. The Morgan fingerprint density at radius 2 is 1.80 bits per heavy atom. The molecule has 2 amide bonds. The summed E-state index contributed by atoms with van der Waals surface area (Å²) < 4.78 is 45.0. The van der Waals surface area contributed by atoms with Crippen molar-refractivity contribution < 1.29 is 27.5 Å².